The number of aromatic nitrogens is 4. The molecule has 1 heterocycles. The van der Waals surface area contributed by atoms with Crippen LogP contribution in [0, 0.1) is 5.82 Å². The van der Waals surface area contributed by atoms with Crippen molar-refractivity contribution in [2.24, 2.45) is 0 Å². The normalized spacial score (nSPS) is 10.2. The van der Waals surface area contributed by atoms with Crippen LogP contribution >= 0.6 is 0 Å². The minimum Gasteiger partial charge on any atom is -0.352 e. The number of tetrazole rings is 1. The van der Waals surface area contributed by atoms with Crippen molar-refractivity contribution in [2.45, 2.75) is 13.0 Å². The van der Waals surface area contributed by atoms with E-state index in [4.69, 9.17) is 0 Å². The van der Waals surface area contributed by atoms with Crippen molar-refractivity contribution in [2.75, 3.05) is 0 Å². The number of benzene rings is 1. The van der Waals surface area contributed by atoms with Crippen LogP contribution in [0.25, 0.3) is 0 Å². The van der Waals surface area contributed by atoms with Gasteiger partial charge in [0.1, 0.15) is 5.82 Å². The predicted molar refractivity (Wildman–Crippen MR) is 56.1 cm³/mol. The van der Waals surface area contributed by atoms with Gasteiger partial charge < -0.3 is 5.32 Å². The summed E-state index contributed by atoms with van der Waals surface area (Å²) >= 11 is 0. The lowest BCUT2D eigenvalue weighted by Gasteiger charge is -2.03. The number of nitrogens with one attached hydrogen (secondary N) is 2. The van der Waals surface area contributed by atoms with Gasteiger partial charge in [-0.25, -0.2) is 4.39 Å². The zero-order valence-corrected chi connectivity index (χ0v) is 8.85. The van der Waals surface area contributed by atoms with Gasteiger partial charge in [-0.2, -0.15) is 5.21 Å². The first kappa shape index (κ1) is 11.2. The van der Waals surface area contributed by atoms with Crippen LogP contribution in [0.4, 0.5) is 4.39 Å². The van der Waals surface area contributed by atoms with Gasteiger partial charge in [0.2, 0.25) is 5.91 Å². The van der Waals surface area contributed by atoms with E-state index in [1.807, 2.05) is 0 Å². The van der Waals surface area contributed by atoms with Crippen molar-refractivity contribution >= 4 is 5.91 Å². The molecule has 1 aromatic heterocycles. The van der Waals surface area contributed by atoms with Crippen LogP contribution in [0.3, 0.4) is 0 Å². The Morgan fingerprint density at radius 1 is 1.35 bits per heavy atom. The smallest absolute Gasteiger partial charge is 0.228 e. The molecule has 2 rings (SSSR count). The Kier molecular flexibility index (Phi) is 3.39. The van der Waals surface area contributed by atoms with Crippen molar-refractivity contribution in [1.29, 1.82) is 0 Å². The zero-order chi connectivity index (χ0) is 12.1. The number of halogens is 1. The van der Waals surface area contributed by atoms with Crippen molar-refractivity contribution in [3.63, 3.8) is 0 Å². The second-order valence-corrected chi connectivity index (χ2v) is 3.41. The average molecular weight is 235 g/mol. The second kappa shape index (κ2) is 5.15. The fourth-order valence-electron chi connectivity index (χ4n) is 1.27. The highest BCUT2D eigenvalue weighted by atomic mass is 19.1. The maximum Gasteiger partial charge on any atom is 0.228 e. The number of hydrogen-bond donors (Lipinski definition) is 2. The fraction of sp³-hybridized carbons (Fsp3) is 0.200. The van der Waals surface area contributed by atoms with E-state index >= 15 is 0 Å². The summed E-state index contributed by atoms with van der Waals surface area (Å²) in [4.78, 5) is 11.4. The van der Waals surface area contributed by atoms with Crippen molar-refractivity contribution in [3.05, 3.63) is 41.5 Å². The van der Waals surface area contributed by atoms with Gasteiger partial charge in [-0.15, -0.1) is 10.2 Å². The second-order valence-electron chi connectivity index (χ2n) is 3.41. The zero-order valence-electron chi connectivity index (χ0n) is 8.85. The molecule has 2 N–H and O–H groups in total. The molecule has 0 aliphatic heterocycles. The third-order valence-electron chi connectivity index (χ3n) is 2.11. The largest absolute Gasteiger partial charge is 0.352 e. The van der Waals surface area contributed by atoms with Crippen molar-refractivity contribution < 1.29 is 9.18 Å². The highest BCUT2D eigenvalue weighted by Crippen LogP contribution is 2.02. The summed E-state index contributed by atoms with van der Waals surface area (Å²) in [5.41, 5.74) is 0.827. The highest BCUT2D eigenvalue weighted by molar-refractivity contribution is 5.77. The standard InChI is InChI=1S/C10H10FN5O/c11-8-3-1-7(2-4-8)6-12-10(17)5-9-13-15-16-14-9/h1-4H,5-6H2,(H,12,17)(H,13,14,15,16). The molecule has 0 aliphatic carbocycles. The minimum atomic E-state index is -0.299. The molecule has 0 bridgehead atoms. The lowest BCUT2D eigenvalue weighted by atomic mass is 10.2. The highest BCUT2D eigenvalue weighted by Gasteiger charge is 2.06. The molecule has 17 heavy (non-hydrogen) atoms. The lowest BCUT2D eigenvalue weighted by Crippen LogP contribution is -2.25. The molecular formula is C10H10FN5O. The molecule has 0 unspecified atom stereocenters. The molecule has 0 aliphatic rings. The van der Waals surface area contributed by atoms with Crippen LogP contribution < -0.4 is 5.32 Å². The quantitative estimate of drug-likeness (QED) is 0.792. The maximum atomic E-state index is 12.6. The number of aromatic amines is 1. The third kappa shape index (κ3) is 3.33. The first-order chi connectivity index (χ1) is 8.24. The van der Waals surface area contributed by atoms with Crippen LogP contribution in [0.2, 0.25) is 0 Å². The third-order valence-corrected chi connectivity index (χ3v) is 2.11. The molecule has 0 fully saturated rings. The first-order valence-electron chi connectivity index (χ1n) is 4.97. The topological polar surface area (TPSA) is 83.6 Å². The van der Waals surface area contributed by atoms with E-state index in [-0.39, 0.29) is 18.1 Å². The van der Waals surface area contributed by atoms with Crippen molar-refractivity contribution in [3.8, 4) is 0 Å². The Balaban J connectivity index is 1.82. The molecule has 0 spiro atoms. The van der Waals surface area contributed by atoms with E-state index in [1.54, 1.807) is 12.1 Å². The van der Waals surface area contributed by atoms with Gasteiger partial charge in [0.05, 0.1) is 6.42 Å². The number of rotatable bonds is 4. The van der Waals surface area contributed by atoms with E-state index in [0.29, 0.717) is 12.4 Å². The molecule has 2 aromatic rings. The van der Waals surface area contributed by atoms with Gasteiger partial charge >= 0.3 is 0 Å². The van der Waals surface area contributed by atoms with Crippen LogP contribution in [-0.2, 0) is 17.8 Å². The number of carbonyl (C=O) groups is 1. The molecule has 7 heteroatoms. The lowest BCUT2D eigenvalue weighted by molar-refractivity contribution is -0.120. The first-order valence-corrected chi connectivity index (χ1v) is 4.97. The van der Waals surface area contributed by atoms with Gasteiger partial charge in [-0.3, -0.25) is 4.79 Å². The Morgan fingerprint density at radius 3 is 2.76 bits per heavy atom. The van der Waals surface area contributed by atoms with Crippen molar-refractivity contribution in [1.82, 2.24) is 25.9 Å². The van der Waals surface area contributed by atoms with E-state index in [1.165, 1.54) is 12.1 Å². The monoisotopic (exact) mass is 235 g/mol. The van der Waals surface area contributed by atoms with E-state index in [2.05, 4.69) is 25.9 Å². The van der Waals surface area contributed by atoms with Crippen LogP contribution in [0.15, 0.2) is 24.3 Å². The number of hydrogen-bond acceptors (Lipinski definition) is 4. The molecule has 6 nitrogen and oxygen atoms in total. The summed E-state index contributed by atoms with van der Waals surface area (Å²) in [5, 5.41) is 15.6. The van der Waals surface area contributed by atoms with Crippen LogP contribution in [-0.4, -0.2) is 26.5 Å². The number of nitrogens with zero attached hydrogens (tertiary/aromatic N) is 3. The number of amides is 1. The SMILES string of the molecule is O=C(Cc1nn[nH]n1)NCc1ccc(F)cc1. The average Bonchev–Trinajstić information content (AvgIpc) is 2.81. The Morgan fingerprint density at radius 2 is 2.12 bits per heavy atom. The van der Waals surface area contributed by atoms with E-state index in [9.17, 15) is 9.18 Å². The number of carbonyl (C=O) groups excluding carboxylic acids is 1. The predicted octanol–water partition coefficient (Wildman–Crippen LogP) is 0.198. The summed E-state index contributed by atoms with van der Waals surface area (Å²) in [6.45, 7) is 0.344. The van der Waals surface area contributed by atoms with Gasteiger partial charge in [0, 0.05) is 6.54 Å². The maximum absolute atomic E-state index is 12.6. The molecule has 0 atom stereocenters. The van der Waals surface area contributed by atoms with E-state index in [0.717, 1.165) is 5.56 Å². The molecule has 1 amide bonds. The summed E-state index contributed by atoms with van der Waals surface area (Å²) in [6.07, 6.45) is 0.0672. The fourth-order valence-corrected chi connectivity index (χ4v) is 1.27. The molecule has 0 saturated heterocycles. The Hall–Kier alpha value is -2.31. The Bertz CT molecular complexity index is 482. The summed E-state index contributed by atoms with van der Waals surface area (Å²) in [5.74, 6) is -0.177. The summed E-state index contributed by atoms with van der Waals surface area (Å²) in [7, 11) is 0. The van der Waals surface area contributed by atoms with Crippen LogP contribution in [0.5, 0.6) is 0 Å². The summed E-state index contributed by atoms with van der Waals surface area (Å²) in [6, 6.07) is 5.93. The molecule has 88 valence electrons. The molecular weight excluding hydrogens is 225 g/mol. The van der Waals surface area contributed by atoms with Gasteiger partial charge in [-0.1, -0.05) is 17.3 Å². The minimum absolute atomic E-state index is 0.0672. The molecule has 0 radical (unpaired) electrons. The summed E-state index contributed by atoms with van der Waals surface area (Å²) < 4.78 is 12.6. The van der Waals surface area contributed by atoms with Gasteiger partial charge in [-0.05, 0) is 17.7 Å². The Labute approximate surface area is 96.2 Å². The number of H-pyrrole nitrogens is 1. The molecule has 0 saturated carbocycles. The van der Waals surface area contributed by atoms with Gasteiger partial charge in [0.15, 0.2) is 5.82 Å². The molecule has 1 aromatic carbocycles. The van der Waals surface area contributed by atoms with Gasteiger partial charge in [0.25, 0.3) is 0 Å². The van der Waals surface area contributed by atoms with E-state index < -0.39 is 0 Å². The van der Waals surface area contributed by atoms with Crippen LogP contribution in [0.1, 0.15) is 11.4 Å².